The lowest BCUT2D eigenvalue weighted by molar-refractivity contribution is -0.117. The predicted molar refractivity (Wildman–Crippen MR) is 47.0 cm³/mol. The Hall–Kier alpha value is -1.26. The molecule has 0 N–H and O–H groups in total. The van der Waals surface area contributed by atoms with Gasteiger partial charge in [0.25, 0.3) is 0 Å². The number of hydrogen-bond acceptors (Lipinski definition) is 4. The van der Waals surface area contributed by atoms with Gasteiger partial charge >= 0.3 is 0 Å². The summed E-state index contributed by atoms with van der Waals surface area (Å²) >= 11 is 0. The van der Waals surface area contributed by atoms with Gasteiger partial charge in [-0.1, -0.05) is 6.92 Å². The van der Waals surface area contributed by atoms with Gasteiger partial charge in [0, 0.05) is 12.8 Å². The highest BCUT2D eigenvalue weighted by Gasteiger charge is 2.09. The molecule has 0 aliphatic rings. The maximum atomic E-state index is 10.8. The Kier molecular flexibility index (Phi) is 3.11. The van der Waals surface area contributed by atoms with Crippen LogP contribution in [0.4, 0.5) is 0 Å². The first-order valence-electron chi connectivity index (χ1n) is 4.30. The highest BCUT2D eigenvalue weighted by atomic mass is 16.1. The van der Waals surface area contributed by atoms with Gasteiger partial charge < -0.3 is 4.79 Å². The van der Waals surface area contributed by atoms with Crippen molar-refractivity contribution in [2.75, 3.05) is 0 Å². The molecule has 0 aliphatic heterocycles. The van der Waals surface area contributed by atoms with Gasteiger partial charge in [0.1, 0.15) is 5.78 Å². The molecule has 1 aromatic rings. The van der Waals surface area contributed by atoms with Gasteiger partial charge in [-0.15, -0.1) is 10.2 Å². The molecule has 0 saturated carbocycles. The van der Waals surface area contributed by atoms with E-state index in [2.05, 4.69) is 15.4 Å². The van der Waals surface area contributed by atoms with Crippen LogP contribution in [-0.2, 0) is 18.3 Å². The number of carbonyl (C=O) groups is 1. The van der Waals surface area contributed by atoms with E-state index in [9.17, 15) is 4.79 Å². The van der Waals surface area contributed by atoms with Gasteiger partial charge in [0.2, 0.25) is 0 Å². The van der Waals surface area contributed by atoms with Crippen LogP contribution in [0.15, 0.2) is 0 Å². The molecule has 1 atom stereocenters. The van der Waals surface area contributed by atoms with Crippen molar-refractivity contribution in [3.63, 3.8) is 0 Å². The maximum Gasteiger partial charge on any atom is 0.175 e. The molecule has 72 valence electrons. The molecule has 1 aromatic heterocycles. The van der Waals surface area contributed by atoms with Crippen molar-refractivity contribution < 1.29 is 4.79 Å². The van der Waals surface area contributed by atoms with Gasteiger partial charge in [-0.2, -0.15) is 4.80 Å². The Morgan fingerprint density at radius 2 is 2.31 bits per heavy atom. The molecule has 0 aromatic carbocycles. The average Bonchev–Trinajstić information content (AvgIpc) is 2.33. The molecule has 5 heteroatoms. The molecule has 0 aliphatic carbocycles. The molecule has 1 rings (SSSR count). The van der Waals surface area contributed by atoms with Crippen molar-refractivity contribution in [3.05, 3.63) is 5.82 Å². The van der Waals surface area contributed by atoms with Crippen LogP contribution in [0, 0.1) is 5.92 Å². The van der Waals surface area contributed by atoms with E-state index in [0.717, 1.165) is 0 Å². The second-order valence-electron chi connectivity index (χ2n) is 3.41. The molecular formula is C8H14N4O. The topological polar surface area (TPSA) is 60.7 Å². The maximum absolute atomic E-state index is 10.8. The van der Waals surface area contributed by atoms with Crippen molar-refractivity contribution in [1.82, 2.24) is 20.2 Å². The summed E-state index contributed by atoms with van der Waals surface area (Å²) in [6, 6.07) is 0. The highest BCUT2D eigenvalue weighted by molar-refractivity contribution is 5.75. The molecule has 0 spiro atoms. The number of aryl methyl sites for hydroxylation is 1. The minimum atomic E-state index is 0.205. The number of ketones is 1. The molecule has 13 heavy (non-hydrogen) atoms. The summed E-state index contributed by atoms with van der Waals surface area (Å²) in [5.74, 6) is 1.20. The van der Waals surface area contributed by atoms with Gasteiger partial charge in [-0.3, -0.25) is 0 Å². The monoisotopic (exact) mass is 182 g/mol. The third-order valence-electron chi connectivity index (χ3n) is 1.72. The van der Waals surface area contributed by atoms with Crippen molar-refractivity contribution in [3.8, 4) is 0 Å². The van der Waals surface area contributed by atoms with Crippen LogP contribution in [0.3, 0.4) is 0 Å². The van der Waals surface area contributed by atoms with Gasteiger partial charge in [-0.25, -0.2) is 0 Å². The number of tetrazole rings is 1. The zero-order valence-electron chi connectivity index (χ0n) is 8.19. The number of nitrogens with zero attached hydrogens (tertiary/aromatic N) is 4. The van der Waals surface area contributed by atoms with Crippen LogP contribution in [0.5, 0.6) is 0 Å². The Balaban J connectivity index is 2.44. The second kappa shape index (κ2) is 4.11. The minimum absolute atomic E-state index is 0.205. The number of aromatic nitrogens is 4. The molecule has 1 heterocycles. The van der Waals surface area contributed by atoms with E-state index in [1.54, 1.807) is 14.0 Å². The fourth-order valence-electron chi connectivity index (χ4n) is 1.28. The zero-order chi connectivity index (χ0) is 9.84. The molecule has 0 amide bonds. The van der Waals surface area contributed by atoms with Crippen LogP contribution < -0.4 is 0 Å². The zero-order valence-corrected chi connectivity index (χ0v) is 8.19. The molecule has 0 bridgehead atoms. The van der Waals surface area contributed by atoms with E-state index >= 15 is 0 Å². The first-order valence-corrected chi connectivity index (χ1v) is 4.30. The number of hydrogen-bond donors (Lipinski definition) is 0. The molecular weight excluding hydrogens is 168 g/mol. The fraction of sp³-hybridized carbons (Fsp3) is 0.750. The summed E-state index contributed by atoms with van der Waals surface area (Å²) in [5, 5.41) is 11.6. The van der Waals surface area contributed by atoms with Crippen molar-refractivity contribution in [1.29, 1.82) is 0 Å². The lowest BCUT2D eigenvalue weighted by atomic mass is 10.0. The molecule has 1 unspecified atom stereocenters. The van der Waals surface area contributed by atoms with E-state index < -0.39 is 0 Å². The SMILES string of the molecule is CC(=O)CC(C)Cc1nnn(C)n1. The summed E-state index contributed by atoms with van der Waals surface area (Å²) in [5.41, 5.74) is 0. The van der Waals surface area contributed by atoms with Crippen LogP contribution in [-0.4, -0.2) is 26.0 Å². The highest BCUT2D eigenvalue weighted by Crippen LogP contribution is 2.07. The third-order valence-corrected chi connectivity index (χ3v) is 1.72. The largest absolute Gasteiger partial charge is 0.300 e. The Labute approximate surface area is 77.1 Å². The van der Waals surface area contributed by atoms with E-state index in [1.165, 1.54) is 4.80 Å². The van der Waals surface area contributed by atoms with Crippen LogP contribution in [0.25, 0.3) is 0 Å². The van der Waals surface area contributed by atoms with Crippen LogP contribution >= 0.6 is 0 Å². The van der Waals surface area contributed by atoms with Crippen LogP contribution in [0.2, 0.25) is 0 Å². The number of carbonyl (C=O) groups excluding carboxylic acids is 1. The molecule has 0 saturated heterocycles. The summed E-state index contributed by atoms with van der Waals surface area (Å²) < 4.78 is 0. The standard InChI is InChI=1S/C8H14N4O/c1-6(4-7(2)13)5-8-9-11-12(3)10-8/h6H,4-5H2,1-3H3. The molecule has 0 radical (unpaired) electrons. The van der Waals surface area contributed by atoms with Crippen molar-refractivity contribution in [2.24, 2.45) is 13.0 Å². The first-order chi connectivity index (χ1) is 6.08. The normalized spacial score (nSPS) is 12.8. The average molecular weight is 182 g/mol. The van der Waals surface area contributed by atoms with Crippen molar-refractivity contribution in [2.45, 2.75) is 26.7 Å². The third kappa shape index (κ3) is 3.31. The molecule has 5 nitrogen and oxygen atoms in total. The second-order valence-corrected chi connectivity index (χ2v) is 3.41. The first kappa shape index (κ1) is 9.83. The Morgan fingerprint density at radius 1 is 1.62 bits per heavy atom. The quantitative estimate of drug-likeness (QED) is 0.675. The Bertz CT molecular complexity index is 294. The smallest absolute Gasteiger partial charge is 0.175 e. The Morgan fingerprint density at radius 3 is 2.77 bits per heavy atom. The van der Waals surface area contributed by atoms with Gasteiger partial charge in [-0.05, 0) is 18.1 Å². The van der Waals surface area contributed by atoms with E-state index in [1.807, 2.05) is 6.92 Å². The van der Waals surface area contributed by atoms with E-state index in [4.69, 9.17) is 0 Å². The van der Waals surface area contributed by atoms with Crippen molar-refractivity contribution >= 4 is 5.78 Å². The lowest BCUT2D eigenvalue weighted by Gasteiger charge is -2.04. The van der Waals surface area contributed by atoms with Crippen LogP contribution in [0.1, 0.15) is 26.1 Å². The summed E-state index contributed by atoms with van der Waals surface area (Å²) in [7, 11) is 1.73. The fourth-order valence-corrected chi connectivity index (χ4v) is 1.28. The van der Waals surface area contributed by atoms with E-state index in [-0.39, 0.29) is 5.78 Å². The predicted octanol–water partition coefficient (Wildman–Crippen LogP) is 0.368. The summed E-state index contributed by atoms with van der Waals surface area (Å²) in [4.78, 5) is 12.2. The summed E-state index contributed by atoms with van der Waals surface area (Å²) in [6.07, 6.45) is 1.30. The van der Waals surface area contributed by atoms with Gasteiger partial charge in [0.15, 0.2) is 5.82 Å². The summed E-state index contributed by atoms with van der Waals surface area (Å²) in [6.45, 7) is 3.61. The number of rotatable bonds is 4. The van der Waals surface area contributed by atoms with E-state index in [0.29, 0.717) is 24.6 Å². The number of Topliss-reactive ketones (excluding diaryl/α,β-unsaturated/α-hetero) is 1. The van der Waals surface area contributed by atoms with Gasteiger partial charge in [0.05, 0.1) is 7.05 Å². The minimum Gasteiger partial charge on any atom is -0.300 e. The molecule has 0 fully saturated rings. The lowest BCUT2D eigenvalue weighted by Crippen LogP contribution is -2.06.